The van der Waals surface area contributed by atoms with Crippen LogP contribution in [0.5, 0.6) is 0 Å². The lowest BCUT2D eigenvalue weighted by atomic mass is 9.76. The highest BCUT2D eigenvalue weighted by Crippen LogP contribution is 2.38. The highest BCUT2D eigenvalue weighted by atomic mass is 16.2. The van der Waals surface area contributed by atoms with Gasteiger partial charge in [-0.25, -0.2) is 0 Å². The molecule has 3 aliphatic rings. The third-order valence-electron chi connectivity index (χ3n) is 8.93. The van der Waals surface area contributed by atoms with Crippen molar-refractivity contribution >= 4 is 11.7 Å². The van der Waals surface area contributed by atoms with Gasteiger partial charge in [0.2, 0.25) is 5.91 Å². The van der Waals surface area contributed by atoms with Crippen molar-refractivity contribution in [2.75, 3.05) is 26.7 Å². The molecule has 1 N–H and O–H groups in total. The Morgan fingerprint density at radius 1 is 1.09 bits per heavy atom. The van der Waals surface area contributed by atoms with Gasteiger partial charge in [0.15, 0.2) is 0 Å². The minimum absolute atomic E-state index is 0.147. The number of nitrogens with zero attached hydrogens (tertiary/aromatic N) is 2. The molecule has 2 aliphatic carbocycles. The second kappa shape index (κ2) is 11.8. The van der Waals surface area contributed by atoms with Crippen LogP contribution in [-0.2, 0) is 16.0 Å². The lowest BCUT2D eigenvalue weighted by Crippen LogP contribution is -2.48. The zero-order valence-corrected chi connectivity index (χ0v) is 21.6. The van der Waals surface area contributed by atoms with E-state index in [0.717, 1.165) is 51.7 Å². The fourth-order valence-electron chi connectivity index (χ4n) is 6.74. The first-order chi connectivity index (χ1) is 16.5. The van der Waals surface area contributed by atoms with Crippen molar-refractivity contribution in [2.24, 2.45) is 11.8 Å². The summed E-state index contributed by atoms with van der Waals surface area (Å²) in [6.07, 6.45) is 10.7. The molecule has 1 saturated carbocycles. The van der Waals surface area contributed by atoms with E-state index in [-0.39, 0.29) is 29.7 Å². The summed E-state index contributed by atoms with van der Waals surface area (Å²) in [5, 5.41) is 3.08. The van der Waals surface area contributed by atoms with Gasteiger partial charge in [-0.2, -0.15) is 0 Å². The molecule has 188 valence electrons. The molecule has 0 radical (unpaired) electrons. The van der Waals surface area contributed by atoms with Crippen LogP contribution in [0.15, 0.2) is 24.3 Å². The lowest BCUT2D eigenvalue weighted by molar-refractivity contribution is -0.142. The Bertz CT molecular complexity index is 834. The number of hydrogen-bond donors (Lipinski definition) is 1. The Kier molecular flexibility index (Phi) is 8.81. The fourth-order valence-corrected chi connectivity index (χ4v) is 6.74. The first-order valence-electron chi connectivity index (χ1n) is 13.9. The number of aryl methyl sites for hydroxylation is 1. The molecule has 1 amide bonds. The van der Waals surface area contributed by atoms with Gasteiger partial charge in [0.05, 0.1) is 6.04 Å². The Hall–Kier alpha value is -1.72. The summed E-state index contributed by atoms with van der Waals surface area (Å²) in [5.41, 5.74) is 2.96. The molecule has 0 spiro atoms. The normalized spacial score (nSPS) is 24.9. The van der Waals surface area contributed by atoms with Crippen LogP contribution in [0, 0.1) is 11.8 Å². The van der Waals surface area contributed by atoms with E-state index in [9.17, 15) is 9.59 Å². The molecule has 1 aromatic rings. The number of nitrogens with one attached hydrogen (secondary N) is 1. The van der Waals surface area contributed by atoms with Crippen molar-refractivity contribution in [3.63, 3.8) is 0 Å². The number of benzene rings is 1. The van der Waals surface area contributed by atoms with E-state index in [2.05, 4.69) is 46.3 Å². The number of likely N-dealkylation sites (tertiary alicyclic amines) is 1. The molecule has 5 heteroatoms. The third-order valence-corrected chi connectivity index (χ3v) is 8.93. The van der Waals surface area contributed by atoms with Crippen LogP contribution in [-0.4, -0.2) is 60.3 Å². The van der Waals surface area contributed by atoms with Crippen LogP contribution >= 0.6 is 0 Å². The Labute approximate surface area is 206 Å². The molecule has 2 fully saturated rings. The van der Waals surface area contributed by atoms with E-state index in [1.807, 2.05) is 14.0 Å². The topological polar surface area (TPSA) is 52.7 Å². The summed E-state index contributed by atoms with van der Waals surface area (Å²) in [4.78, 5) is 31.7. The van der Waals surface area contributed by atoms with Crippen molar-refractivity contribution in [2.45, 2.75) is 96.2 Å². The molecule has 5 nitrogen and oxygen atoms in total. The van der Waals surface area contributed by atoms with E-state index >= 15 is 0 Å². The van der Waals surface area contributed by atoms with Gasteiger partial charge < -0.3 is 10.2 Å². The highest BCUT2D eigenvalue weighted by Gasteiger charge is 2.40. The summed E-state index contributed by atoms with van der Waals surface area (Å²) in [6.45, 7) is 6.97. The molecule has 1 saturated heterocycles. The molecular weight excluding hydrogens is 422 g/mol. The van der Waals surface area contributed by atoms with E-state index in [4.69, 9.17) is 0 Å². The van der Waals surface area contributed by atoms with Gasteiger partial charge in [-0.3, -0.25) is 14.5 Å². The number of fused-ring (bicyclic) bond motifs is 1. The van der Waals surface area contributed by atoms with Crippen molar-refractivity contribution in [1.82, 2.24) is 15.1 Å². The summed E-state index contributed by atoms with van der Waals surface area (Å²) >= 11 is 0. The van der Waals surface area contributed by atoms with Crippen LogP contribution in [0.25, 0.3) is 0 Å². The van der Waals surface area contributed by atoms with E-state index in [1.54, 1.807) is 0 Å². The van der Waals surface area contributed by atoms with Crippen molar-refractivity contribution in [1.29, 1.82) is 0 Å². The maximum atomic E-state index is 14.0. The van der Waals surface area contributed by atoms with Gasteiger partial charge in [-0.05, 0) is 76.1 Å². The number of rotatable bonds is 10. The number of ketones is 1. The molecule has 1 aromatic carbocycles. The predicted octanol–water partition coefficient (Wildman–Crippen LogP) is 4.75. The lowest BCUT2D eigenvalue weighted by Gasteiger charge is -2.37. The average Bonchev–Trinajstić information content (AvgIpc) is 3.52. The van der Waals surface area contributed by atoms with Crippen LogP contribution in [0.2, 0.25) is 0 Å². The number of amides is 1. The van der Waals surface area contributed by atoms with Gasteiger partial charge in [-0.1, -0.05) is 50.5 Å². The molecular formula is C29H45N3O2. The quantitative estimate of drug-likeness (QED) is 0.540. The third kappa shape index (κ3) is 5.57. The Morgan fingerprint density at radius 2 is 1.85 bits per heavy atom. The zero-order chi connectivity index (χ0) is 24.1. The number of carbonyl (C=O) groups is 2. The summed E-state index contributed by atoms with van der Waals surface area (Å²) < 4.78 is 0. The standard InChI is InChI=1S/C29H45N3O2/c1-4-31(27-17-16-23-13-8-9-15-25(23)27)20-24-14-10-18-32(24)29(34)26(19-28(33)21(2)30-3)22-11-6-5-7-12-22/h8-9,13,15,21-22,24,26-27,30H,4-7,10-12,14,16-20H2,1-3H3/t21-,24-,26-,27?/m0/s1. The van der Waals surface area contributed by atoms with Crippen LogP contribution in [0.4, 0.5) is 0 Å². The fraction of sp³-hybridized carbons (Fsp3) is 0.724. The van der Waals surface area contributed by atoms with Gasteiger partial charge in [0.1, 0.15) is 5.78 Å². The maximum absolute atomic E-state index is 14.0. The van der Waals surface area contributed by atoms with Crippen LogP contribution in [0.1, 0.15) is 88.8 Å². The number of carbonyl (C=O) groups excluding carboxylic acids is 2. The molecule has 0 aromatic heterocycles. The first kappa shape index (κ1) is 25.4. The molecule has 0 bridgehead atoms. The second-order valence-electron chi connectivity index (χ2n) is 10.9. The summed E-state index contributed by atoms with van der Waals surface area (Å²) in [7, 11) is 1.83. The Morgan fingerprint density at radius 3 is 2.59 bits per heavy atom. The van der Waals surface area contributed by atoms with Crippen molar-refractivity contribution < 1.29 is 9.59 Å². The second-order valence-corrected chi connectivity index (χ2v) is 10.9. The smallest absolute Gasteiger partial charge is 0.226 e. The van der Waals surface area contributed by atoms with Crippen LogP contribution in [0.3, 0.4) is 0 Å². The van der Waals surface area contributed by atoms with Crippen molar-refractivity contribution in [3.05, 3.63) is 35.4 Å². The van der Waals surface area contributed by atoms with Gasteiger partial charge >= 0.3 is 0 Å². The average molecular weight is 468 g/mol. The highest BCUT2D eigenvalue weighted by molar-refractivity contribution is 5.90. The first-order valence-corrected chi connectivity index (χ1v) is 13.9. The minimum Gasteiger partial charge on any atom is -0.338 e. The van der Waals surface area contributed by atoms with Crippen LogP contribution < -0.4 is 5.32 Å². The van der Waals surface area contributed by atoms with Crippen molar-refractivity contribution in [3.8, 4) is 0 Å². The molecule has 1 unspecified atom stereocenters. The van der Waals surface area contributed by atoms with Gasteiger partial charge in [0, 0.05) is 37.5 Å². The van der Waals surface area contributed by atoms with Gasteiger partial charge in [0.25, 0.3) is 0 Å². The summed E-state index contributed by atoms with van der Waals surface area (Å²) in [6, 6.07) is 9.42. The van der Waals surface area contributed by atoms with E-state index in [1.165, 1.54) is 36.8 Å². The largest absolute Gasteiger partial charge is 0.338 e. The molecule has 1 heterocycles. The number of hydrogen-bond acceptors (Lipinski definition) is 4. The zero-order valence-electron chi connectivity index (χ0n) is 21.6. The molecule has 34 heavy (non-hydrogen) atoms. The molecule has 4 atom stereocenters. The minimum atomic E-state index is -0.189. The summed E-state index contributed by atoms with van der Waals surface area (Å²) in [5.74, 6) is 0.653. The van der Waals surface area contributed by atoms with E-state index < -0.39 is 0 Å². The monoisotopic (exact) mass is 467 g/mol. The number of Topliss-reactive ketones (excluding diaryl/α,β-unsaturated/α-hetero) is 1. The van der Waals surface area contributed by atoms with Gasteiger partial charge in [-0.15, -0.1) is 0 Å². The SMILES string of the molecule is CCN(C[C@@H]1CCCN1C(=O)[C@@H](CC(=O)[C@H](C)NC)C1CCCCC1)C1CCc2ccccc21. The maximum Gasteiger partial charge on any atom is 0.226 e. The Balaban J connectivity index is 1.48. The molecule has 1 aliphatic heterocycles. The number of likely N-dealkylation sites (N-methyl/N-ethyl adjacent to an activating group) is 2. The molecule has 4 rings (SSSR count). The predicted molar refractivity (Wildman–Crippen MR) is 138 cm³/mol. The van der Waals surface area contributed by atoms with E-state index in [0.29, 0.717) is 18.4 Å².